The van der Waals surface area contributed by atoms with E-state index in [1.165, 1.54) is 0 Å². The van der Waals surface area contributed by atoms with Crippen LogP contribution >= 0.6 is 11.8 Å². The smallest absolute Gasteiger partial charge is 0.262 e. The van der Waals surface area contributed by atoms with Crippen molar-refractivity contribution in [3.05, 3.63) is 52.8 Å². The van der Waals surface area contributed by atoms with Gasteiger partial charge in [-0.3, -0.25) is 9.36 Å². The Morgan fingerprint density at radius 2 is 2.10 bits per heavy atom. The highest BCUT2D eigenvalue weighted by atomic mass is 32.2. The molecule has 0 spiro atoms. The van der Waals surface area contributed by atoms with Gasteiger partial charge in [0.15, 0.2) is 5.16 Å². The second kappa shape index (κ2) is 5.73. The van der Waals surface area contributed by atoms with E-state index in [-0.39, 0.29) is 5.56 Å². The average molecular weight is 300 g/mol. The molecule has 21 heavy (non-hydrogen) atoms. The summed E-state index contributed by atoms with van der Waals surface area (Å²) in [5, 5.41) is 1.41. The Morgan fingerprint density at radius 3 is 2.81 bits per heavy atom. The standard InChI is InChI=1S/C15H16N4OS/c1-3-19-14(20)11-6-4-5-7-12(11)17-15(19)21-10-13-16-8-9-18(13)2/h4-9H,3,10H2,1-2H3. The summed E-state index contributed by atoms with van der Waals surface area (Å²) in [7, 11) is 1.96. The highest BCUT2D eigenvalue weighted by Gasteiger charge is 2.11. The van der Waals surface area contributed by atoms with Crippen LogP contribution in [0.2, 0.25) is 0 Å². The van der Waals surface area contributed by atoms with Crippen LogP contribution in [-0.2, 0) is 19.3 Å². The lowest BCUT2D eigenvalue weighted by Gasteiger charge is -2.11. The van der Waals surface area contributed by atoms with Crippen molar-refractivity contribution in [2.75, 3.05) is 0 Å². The van der Waals surface area contributed by atoms with Crippen molar-refractivity contribution in [3.8, 4) is 0 Å². The molecule has 2 heterocycles. The first-order chi connectivity index (χ1) is 10.2. The summed E-state index contributed by atoms with van der Waals surface area (Å²) < 4.78 is 3.69. The summed E-state index contributed by atoms with van der Waals surface area (Å²) in [6.45, 7) is 2.57. The Bertz CT molecular complexity index is 837. The number of hydrogen-bond acceptors (Lipinski definition) is 4. The Kier molecular flexibility index (Phi) is 3.79. The lowest BCUT2D eigenvalue weighted by molar-refractivity contribution is 0.634. The van der Waals surface area contributed by atoms with Gasteiger partial charge in [-0.15, -0.1) is 0 Å². The Morgan fingerprint density at radius 1 is 1.29 bits per heavy atom. The minimum Gasteiger partial charge on any atom is -0.337 e. The van der Waals surface area contributed by atoms with Crippen LogP contribution in [0.15, 0.2) is 46.6 Å². The number of benzene rings is 1. The van der Waals surface area contributed by atoms with Crippen LogP contribution in [0, 0.1) is 0 Å². The predicted octanol–water partition coefficient (Wildman–Crippen LogP) is 2.44. The summed E-state index contributed by atoms with van der Waals surface area (Å²) in [4.78, 5) is 21.4. The predicted molar refractivity (Wildman–Crippen MR) is 84.4 cm³/mol. The topological polar surface area (TPSA) is 52.7 Å². The number of imidazole rings is 1. The molecule has 0 saturated heterocycles. The molecule has 5 nitrogen and oxygen atoms in total. The van der Waals surface area contributed by atoms with Gasteiger partial charge in [0, 0.05) is 26.0 Å². The van der Waals surface area contributed by atoms with Gasteiger partial charge in [-0.2, -0.15) is 0 Å². The Hall–Kier alpha value is -2.08. The van der Waals surface area contributed by atoms with E-state index in [0.717, 1.165) is 16.5 Å². The molecule has 0 unspecified atom stereocenters. The maximum atomic E-state index is 12.5. The quantitative estimate of drug-likeness (QED) is 0.548. The molecule has 0 aliphatic rings. The molecule has 2 aromatic heterocycles. The number of para-hydroxylation sites is 1. The third-order valence-corrected chi connectivity index (χ3v) is 4.37. The molecule has 6 heteroatoms. The van der Waals surface area contributed by atoms with Crippen LogP contribution in [0.5, 0.6) is 0 Å². The van der Waals surface area contributed by atoms with E-state index in [1.54, 1.807) is 22.5 Å². The van der Waals surface area contributed by atoms with Crippen LogP contribution < -0.4 is 5.56 Å². The van der Waals surface area contributed by atoms with Gasteiger partial charge < -0.3 is 4.57 Å². The number of hydrogen-bond donors (Lipinski definition) is 0. The summed E-state index contributed by atoms with van der Waals surface area (Å²) in [5.74, 6) is 1.65. The van der Waals surface area contributed by atoms with Gasteiger partial charge in [0.05, 0.1) is 16.7 Å². The largest absolute Gasteiger partial charge is 0.337 e. The monoisotopic (exact) mass is 300 g/mol. The van der Waals surface area contributed by atoms with Crippen LogP contribution in [0.4, 0.5) is 0 Å². The molecule has 0 N–H and O–H groups in total. The number of aryl methyl sites for hydroxylation is 1. The van der Waals surface area contributed by atoms with Gasteiger partial charge in [0.25, 0.3) is 5.56 Å². The summed E-state index contributed by atoms with van der Waals surface area (Å²) >= 11 is 1.54. The van der Waals surface area contributed by atoms with Crippen LogP contribution in [0.25, 0.3) is 10.9 Å². The van der Waals surface area contributed by atoms with E-state index in [9.17, 15) is 4.79 Å². The summed E-state index contributed by atoms with van der Waals surface area (Å²) in [6, 6.07) is 7.47. The molecule has 0 atom stereocenters. The van der Waals surface area contributed by atoms with E-state index in [1.807, 2.05) is 49.0 Å². The second-order valence-electron chi connectivity index (χ2n) is 4.70. The van der Waals surface area contributed by atoms with E-state index in [2.05, 4.69) is 9.97 Å². The molecule has 0 amide bonds. The van der Waals surface area contributed by atoms with Crippen molar-refractivity contribution in [1.29, 1.82) is 0 Å². The number of thioether (sulfide) groups is 1. The van der Waals surface area contributed by atoms with Gasteiger partial charge in [0.1, 0.15) is 5.82 Å². The molecule has 0 saturated carbocycles. The highest BCUT2D eigenvalue weighted by molar-refractivity contribution is 7.98. The fourth-order valence-corrected chi connectivity index (χ4v) is 3.27. The minimum absolute atomic E-state index is 0.0189. The molecule has 0 aliphatic heterocycles. The third-order valence-electron chi connectivity index (χ3n) is 3.39. The zero-order valence-corrected chi connectivity index (χ0v) is 12.8. The molecule has 3 rings (SSSR count). The number of aromatic nitrogens is 4. The molecule has 0 radical (unpaired) electrons. The molecule has 108 valence electrons. The van der Waals surface area contributed by atoms with E-state index < -0.39 is 0 Å². The zero-order chi connectivity index (χ0) is 14.8. The summed E-state index contributed by atoms with van der Waals surface area (Å²) in [5.41, 5.74) is 0.764. The van der Waals surface area contributed by atoms with E-state index in [4.69, 9.17) is 0 Å². The van der Waals surface area contributed by atoms with Crippen molar-refractivity contribution in [2.45, 2.75) is 24.4 Å². The van der Waals surface area contributed by atoms with Crippen LogP contribution in [0.1, 0.15) is 12.7 Å². The SMILES string of the molecule is CCn1c(SCc2nccn2C)nc2ccccc2c1=O. The molecule has 3 aromatic rings. The van der Waals surface area contributed by atoms with Crippen molar-refractivity contribution in [3.63, 3.8) is 0 Å². The molecule has 0 fully saturated rings. The first-order valence-corrected chi connectivity index (χ1v) is 7.78. The zero-order valence-electron chi connectivity index (χ0n) is 12.0. The lowest BCUT2D eigenvalue weighted by Crippen LogP contribution is -2.22. The lowest BCUT2D eigenvalue weighted by atomic mass is 10.2. The normalized spacial score (nSPS) is 11.1. The van der Waals surface area contributed by atoms with Crippen LogP contribution in [-0.4, -0.2) is 19.1 Å². The number of nitrogens with zero attached hydrogens (tertiary/aromatic N) is 4. The van der Waals surface area contributed by atoms with Crippen molar-refractivity contribution in [2.24, 2.45) is 7.05 Å². The first-order valence-electron chi connectivity index (χ1n) is 6.79. The third kappa shape index (κ3) is 2.58. The number of fused-ring (bicyclic) bond motifs is 1. The maximum absolute atomic E-state index is 12.5. The van der Waals surface area contributed by atoms with E-state index >= 15 is 0 Å². The summed E-state index contributed by atoms with van der Waals surface area (Å²) in [6.07, 6.45) is 3.69. The molecular weight excluding hydrogens is 284 g/mol. The van der Waals surface area contributed by atoms with Crippen molar-refractivity contribution in [1.82, 2.24) is 19.1 Å². The highest BCUT2D eigenvalue weighted by Crippen LogP contribution is 2.21. The molecular formula is C15H16N4OS. The second-order valence-corrected chi connectivity index (χ2v) is 5.65. The Balaban J connectivity index is 2.01. The van der Waals surface area contributed by atoms with Gasteiger partial charge in [-0.05, 0) is 19.1 Å². The fourth-order valence-electron chi connectivity index (χ4n) is 2.20. The van der Waals surface area contributed by atoms with Gasteiger partial charge >= 0.3 is 0 Å². The maximum Gasteiger partial charge on any atom is 0.262 e. The molecule has 0 aliphatic carbocycles. The Labute approximate surface area is 126 Å². The molecule has 0 bridgehead atoms. The van der Waals surface area contributed by atoms with Crippen molar-refractivity contribution < 1.29 is 0 Å². The van der Waals surface area contributed by atoms with Crippen molar-refractivity contribution >= 4 is 22.7 Å². The van der Waals surface area contributed by atoms with Crippen LogP contribution in [0.3, 0.4) is 0 Å². The minimum atomic E-state index is 0.0189. The van der Waals surface area contributed by atoms with E-state index in [0.29, 0.717) is 17.7 Å². The first kappa shape index (κ1) is 13.9. The van der Waals surface area contributed by atoms with Gasteiger partial charge in [-0.1, -0.05) is 23.9 Å². The fraction of sp³-hybridized carbons (Fsp3) is 0.267. The van der Waals surface area contributed by atoms with Gasteiger partial charge in [-0.25, -0.2) is 9.97 Å². The van der Waals surface area contributed by atoms with Gasteiger partial charge in [0.2, 0.25) is 0 Å². The molecule has 1 aromatic carbocycles. The average Bonchev–Trinajstić information content (AvgIpc) is 2.91. The number of rotatable bonds is 4.